The van der Waals surface area contributed by atoms with E-state index in [0.717, 1.165) is 0 Å². The standard InChI is InChI=1S/C2H4Br3Si2/c3-6-1-7(4,5)2-6/h1-2H2. The lowest BCUT2D eigenvalue weighted by Crippen LogP contribution is -2.39. The Balaban J connectivity index is 2.29. The highest BCUT2D eigenvalue weighted by Crippen LogP contribution is 2.43. The number of rotatable bonds is 0. The highest BCUT2D eigenvalue weighted by atomic mass is 79.9. The summed E-state index contributed by atoms with van der Waals surface area (Å²) >= 11 is 10.9. The van der Waals surface area contributed by atoms with Gasteiger partial charge in [-0.2, -0.15) is 0 Å². The van der Waals surface area contributed by atoms with Gasteiger partial charge in [0, 0.05) is 0 Å². The van der Waals surface area contributed by atoms with Gasteiger partial charge in [0.1, 0.15) is 7.42 Å². The number of halogens is 3. The molecule has 0 aromatic carbocycles. The fourth-order valence-corrected chi connectivity index (χ4v) is 38.9. The molecule has 1 aliphatic heterocycles. The molecule has 0 aromatic rings. The molecule has 0 nitrogen and oxygen atoms in total. The first-order valence-corrected chi connectivity index (χ1v) is 13.1. The van der Waals surface area contributed by atoms with Crippen molar-refractivity contribution in [2.75, 3.05) is 0 Å². The van der Waals surface area contributed by atoms with Gasteiger partial charge in [-0.3, -0.25) is 0 Å². The van der Waals surface area contributed by atoms with E-state index in [-0.39, 0.29) is 7.42 Å². The molecule has 0 unspecified atom stereocenters. The maximum Gasteiger partial charge on any atom is 0.197 e. The van der Waals surface area contributed by atoms with E-state index in [4.69, 9.17) is 0 Å². The molecule has 1 aliphatic rings. The molecular formula is C2H4Br3Si2. The zero-order valence-corrected chi connectivity index (χ0v) is 10.3. The van der Waals surface area contributed by atoms with Crippen molar-refractivity contribution in [3.63, 3.8) is 0 Å². The normalized spacial score (nSPS) is 29.6. The Morgan fingerprint density at radius 1 is 1.29 bits per heavy atom. The lowest BCUT2D eigenvalue weighted by atomic mass is 11.8. The lowest BCUT2D eigenvalue weighted by molar-refractivity contribution is 1.66. The predicted molar refractivity (Wildman–Crippen MR) is 47.9 cm³/mol. The Labute approximate surface area is 69.4 Å². The molecule has 0 atom stereocenters. The summed E-state index contributed by atoms with van der Waals surface area (Å²) in [7, 11) is -0.0194. The predicted octanol–water partition coefficient (Wildman–Crippen LogP) is 2.70. The highest BCUT2D eigenvalue weighted by Gasteiger charge is 2.42. The van der Waals surface area contributed by atoms with Gasteiger partial charge in [-0.25, -0.2) is 0 Å². The minimum absolute atomic E-state index is 0.0194. The van der Waals surface area contributed by atoms with Crippen LogP contribution in [0, 0.1) is 0 Å². The maximum atomic E-state index is 3.66. The zero-order chi connectivity index (χ0) is 5.49. The second-order valence-corrected chi connectivity index (χ2v) is 23.0. The van der Waals surface area contributed by atoms with E-state index in [0.29, 0.717) is 0 Å². The van der Waals surface area contributed by atoms with Crippen molar-refractivity contribution in [2.24, 2.45) is 0 Å². The second-order valence-electron chi connectivity index (χ2n) is 1.73. The van der Waals surface area contributed by atoms with Gasteiger partial charge in [-0.05, 0) is 11.3 Å². The van der Waals surface area contributed by atoms with Gasteiger partial charge in [0.2, 0.25) is 0 Å². The smallest absolute Gasteiger partial charge is 0.129 e. The Morgan fingerprint density at radius 2 is 1.71 bits per heavy atom. The van der Waals surface area contributed by atoms with E-state index in [1.54, 1.807) is 0 Å². The van der Waals surface area contributed by atoms with Crippen LogP contribution in [0.2, 0.25) is 11.3 Å². The van der Waals surface area contributed by atoms with E-state index < -0.39 is 5.31 Å². The maximum absolute atomic E-state index is 3.66. The molecule has 0 aliphatic carbocycles. The number of hydrogen-bond acceptors (Lipinski definition) is 0. The van der Waals surface area contributed by atoms with Crippen molar-refractivity contribution in [3.05, 3.63) is 0 Å². The van der Waals surface area contributed by atoms with E-state index in [1.807, 2.05) is 0 Å². The fourth-order valence-electron chi connectivity index (χ4n) is 0.509. The molecule has 1 rings (SSSR count). The lowest BCUT2D eigenvalue weighted by Gasteiger charge is -2.30. The average molecular weight is 324 g/mol. The van der Waals surface area contributed by atoms with Gasteiger partial charge in [-0.15, -0.1) is 45.9 Å². The molecule has 0 N–H and O–H groups in total. The largest absolute Gasteiger partial charge is 0.197 e. The topological polar surface area (TPSA) is 0 Å². The molecule has 1 saturated heterocycles. The summed E-state index contributed by atoms with van der Waals surface area (Å²) in [4.78, 5) is 0. The van der Waals surface area contributed by atoms with E-state index in [1.165, 1.54) is 11.3 Å². The van der Waals surface area contributed by atoms with Crippen molar-refractivity contribution in [2.45, 2.75) is 11.3 Å². The van der Waals surface area contributed by atoms with Gasteiger partial charge in [-0.1, -0.05) is 0 Å². The van der Waals surface area contributed by atoms with Crippen LogP contribution in [0.15, 0.2) is 0 Å². The first-order valence-electron chi connectivity index (χ1n) is 1.98. The van der Waals surface area contributed by atoms with Crippen molar-refractivity contribution < 1.29 is 0 Å². The zero-order valence-electron chi connectivity index (χ0n) is 3.55. The molecule has 5 heteroatoms. The molecule has 0 bridgehead atoms. The van der Waals surface area contributed by atoms with Crippen LogP contribution in [0.25, 0.3) is 0 Å². The summed E-state index contributed by atoms with van der Waals surface area (Å²) in [6.07, 6.45) is 0. The molecule has 0 saturated carbocycles. The summed E-state index contributed by atoms with van der Waals surface area (Å²) in [5, 5.41) is -0.890. The Kier molecular flexibility index (Phi) is 2.24. The van der Waals surface area contributed by atoms with E-state index in [2.05, 4.69) is 45.9 Å². The molecule has 0 amide bonds. The Hall–Kier alpha value is 1.87. The molecule has 0 aromatic heterocycles. The van der Waals surface area contributed by atoms with Crippen LogP contribution in [0.1, 0.15) is 0 Å². The van der Waals surface area contributed by atoms with Crippen LogP contribution in [-0.2, 0) is 0 Å². The third kappa shape index (κ3) is 1.93. The molecule has 1 fully saturated rings. The molecular weight excluding hydrogens is 320 g/mol. The second kappa shape index (κ2) is 2.24. The highest BCUT2D eigenvalue weighted by molar-refractivity contribution is 9.51. The first kappa shape index (κ1) is 6.99. The SMILES string of the molecule is Br[Si]1C[Si](Br)(Br)C1. The molecule has 1 heterocycles. The minimum atomic E-state index is -0.890. The summed E-state index contributed by atoms with van der Waals surface area (Å²) in [6.45, 7) is 0. The third-order valence-corrected chi connectivity index (χ3v) is 23.2. The van der Waals surface area contributed by atoms with Crippen LogP contribution in [0.5, 0.6) is 0 Å². The third-order valence-electron chi connectivity index (χ3n) is 0.901. The van der Waals surface area contributed by atoms with Crippen LogP contribution >= 0.6 is 45.9 Å². The summed E-state index contributed by atoms with van der Waals surface area (Å²) in [5.41, 5.74) is 2.86. The summed E-state index contributed by atoms with van der Waals surface area (Å²) < 4.78 is 0. The van der Waals surface area contributed by atoms with Crippen LogP contribution in [-0.4, -0.2) is 12.7 Å². The molecule has 0 spiro atoms. The number of hydrogen-bond donors (Lipinski definition) is 0. The van der Waals surface area contributed by atoms with Crippen molar-refractivity contribution in [1.29, 1.82) is 0 Å². The minimum Gasteiger partial charge on any atom is -0.129 e. The van der Waals surface area contributed by atoms with Gasteiger partial charge >= 0.3 is 0 Å². The quantitative estimate of drug-likeness (QED) is 0.475. The monoisotopic (exact) mass is 321 g/mol. The molecule has 7 heavy (non-hydrogen) atoms. The van der Waals surface area contributed by atoms with Gasteiger partial charge in [0.05, 0.1) is 0 Å². The Morgan fingerprint density at radius 3 is 1.71 bits per heavy atom. The van der Waals surface area contributed by atoms with Crippen molar-refractivity contribution >= 4 is 58.6 Å². The summed E-state index contributed by atoms with van der Waals surface area (Å²) in [6, 6.07) is 0. The van der Waals surface area contributed by atoms with Gasteiger partial charge in [0.15, 0.2) is 5.31 Å². The fraction of sp³-hybridized carbons (Fsp3) is 1.00. The Bertz CT molecular complexity index is 75.0. The summed E-state index contributed by atoms with van der Waals surface area (Å²) in [5.74, 6) is 0. The molecule has 1 radical (unpaired) electrons. The molecule has 41 valence electrons. The van der Waals surface area contributed by atoms with Gasteiger partial charge < -0.3 is 0 Å². The van der Waals surface area contributed by atoms with Gasteiger partial charge in [0.25, 0.3) is 0 Å². The van der Waals surface area contributed by atoms with E-state index in [9.17, 15) is 0 Å². The van der Waals surface area contributed by atoms with Crippen LogP contribution in [0.3, 0.4) is 0 Å². The van der Waals surface area contributed by atoms with Crippen molar-refractivity contribution in [3.8, 4) is 0 Å². The van der Waals surface area contributed by atoms with Crippen LogP contribution in [0.4, 0.5) is 0 Å². The van der Waals surface area contributed by atoms with Crippen molar-refractivity contribution in [1.82, 2.24) is 0 Å². The average Bonchev–Trinajstić information content (AvgIpc) is 1.27. The first-order chi connectivity index (χ1) is 3.10. The van der Waals surface area contributed by atoms with E-state index >= 15 is 0 Å². The van der Waals surface area contributed by atoms with Crippen LogP contribution < -0.4 is 0 Å².